The molecule has 0 saturated carbocycles. The van der Waals surface area contributed by atoms with E-state index >= 15 is 0 Å². The molecule has 4 aromatic heterocycles. The molecule has 0 bridgehead atoms. The number of pyridine rings is 2. The number of anilines is 3. The van der Waals surface area contributed by atoms with E-state index in [0.29, 0.717) is 10.7 Å². The zero-order valence-corrected chi connectivity index (χ0v) is 21.2. The van der Waals surface area contributed by atoms with Crippen molar-refractivity contribution < 1.29 is 22.8 Å². The molecule has 0 aliphatic rings. The van der Waals surface area contributed by atoms with Crippen LogP contribution < -0.4 is 16.0 Å². The smallest absolute Gasteiger partial charge is 0.342 e. The number of rotatable bonds is 7. The maximum atomic E-state index is 13.1. The molecule has 196 valence electrons. The van der Waals surface area contributed by atoms with Crippen molar-refractivity contribution in [3.63, 3.8) is 0 Å². The standard InChI is InChI=1S/C23H18ClF3N8O2S/c1-11-8-29-16(7-14(11)23(25,26)27)35-20(36)15-9-30-22(38-15)12(2)33-21(37)18-17(24)19(32-10-31-18)34-13-3-5-28-6-4-13/h3-10,12H,1-2H3,(H,33,37)(H,29,35,36)(H,28,31,32,34)/t12-/m0/s1. The van der Waals surface area contributed by atoms with E-state index in [1.54, 1.807) is 31.5 Å². The molecule has 38 heavy (non-hydrogen) atoms. The maximum absolute atomic E-state index is 13.1. The lowest BCUT2D eigenvalue weighted by molar-refractivity contribution is -0.138. The van der Waals surface area contributed by atoms with Crippen LogP contribution in [0, 0.1) is 6.92 Å². The summed E-state index contributed by atoms with van der Waals surface area (Å²) >= 11 is 7.30. The molecule has 2 amide bonds. The van der Waals surface area contributed by atoms with Gasteiger partial charge in [-0.05, 0) is 37.6 Å². The van der Waals surface area contributed by atoms with Crippen molar-refractivity contribution in [3.05, 3.63) is 81.0 Å². The Hall–Kier alpha value is -4.17. The lowest BCUT2D eigenvalue weighted by atomic mass is 10.1. The average Bonchev–Trinajstić information content (AvgIpc) is 3.37. The van der Waals surface area contributed by atoms with Gasteiger partial charge in [-0.25, -0.2) is 19.9 Å². The summed E-state index contributed by atoms with van der Waals surface area (Å²) in [6.45, 7) is 2.92. The van der Waals surface area contributed by atoms with Gasteiger partial charge in [-0.1, -0.05) is 11.6 Å². The van der Waals surface area contributed by atoms with Gasteiger partial charge in [0.15, 0.2) is 11.5 Å². The first-order chi connectivity index (χ1) is 18.0. The van der Waals surface area contributed by atoms with Crippen LogP contribution in [0.25, 0.3) is 0 Å². The summed E-state index contributed by atoms with van der Waals surface area (Å²) in [4.78, 5) is 45.5. The van der Waals surface area contributed by atoms with Crippen LogP contribution in [0.2, 0.25) is 5.02 Å². The highest BCUT2D eigenvalue weighted by atomic mass is 35.5. The SMILES string of the molecule is Cc1cnc(NC(=O)c2cnc([C@H](C)NC(=O)c3ncnc(Nc4ccncc4)c3Cl)s2)cc1C(F)(F)F. The molecule has 4 heterocycles. The predicted octanol–water partition coefficient (Wildman–Crippen LogP) is 5.19. The van der Waals surface area contributed by atoms with E-state index in [1.165, 1.54) is 19.4 Å². The third-order valence-electron chi connectivity index (χ3n) is 5.06. The van der Waals surface area contributed by atoms with E-state index in [9.17, 15) is 22.8 Å². The number of hydrogen-bond donors (Lipinski definition) is 3. The van der Waals surface area contributed by atoms with Gasteiger partial charge < -0.3 is 16.0 Å². The van der Waals surface area contributed by atoms with Crippen LogP contribution in [0.15, 0.2) is 49.3 Å². The molecule has 0 spiro atoms. The van der Waals surface area contributed by atoms with Crippen molar-refractivity contribution in [2.45, 2.75) is 26.1 Å². The number of amides is 2. The Bertz CT molecular complexity index is 1480. The molecule has 0 aliphatic carbocycles. The Morgan fingerprint density at radius 1 is 1.05 bits per heavy atom. The van der Waals surface area contributed by atoms with E-state index < -0.39 is 29.6 Å². The first-order valence-corrected chi connectivity index (χ1v) is 12.0. The van der Waals surface area contributed by atoms with Gasteiger partial charge in [0, 0.05) is 24.3 Å². The highest BCUT2D eigenvalue weighted by Gasteiger charge is 2.33. The van der Waals surface area contributed by atoms with E-state index in [0.717, 1.165) is 23.6 Å². The first-order valence-electron chi connectivity index (χ1n) is 10.8. The van der Waals surface area contributed by atoms with Gasteiger partial charge in [0.1, 0.15) is 27.1 Å². The van der Waals surface area contributed by atoms with Crippen LogP contribution in [0.5, 0.6) is 0 Å². The number of aromatic nitrogens is 5. The van der Waals surface area contributed by atoms with Gasteiger partial charge in [-0.2, -0.15) is 13.2 Å². The summed E-state index contributed by atoms with van der Waals surface area (Å²) in [6.07, 6.45) is 2.04. The molecule has 10 nitrogen and oxygen atoms in total. The number of carbonyl (C=O) groups excluding carboxylic acids is 2. The summed E-state index contributed by atoms with van der Waals surface area (Å²) in [5, 5.41) is 8.39. The second kappa shape index (κ2) is 11.1. The fraction of sp³-hybridized carbons (Fsp3) is 0.174. The Labute approximate surface area is 222 Å². The molecule has 3 N–H and O–H groups in total. The van der Waals surface area contributed by atoms with Crippen LogP contribution in [0.4, 0.5) is 30.5 Å². The topological polar surface area (TPSA) is 135 Å². The minimum Gasteiger partial charge on any atom is -0.342 e. The molecule has 15 heteroatoms. The molecular weight excluding hydrogens is 545 g/mol. The summed E-state index contributed by atoms with van der Waals surface area (Å²) in [5.41, 5.74) is -0.384. The third kappa shape index (κ3) is 6.20. The normalized spacial score (nSPS) is 12.1. The van der Waals surface area contributed by atoms with Crippen molar-refractivity contribution in [2.75, 3.05) is 10.6 Å². The van der Waals surface area contributed by atoms with E-state index in [4.69, 9.17) is 11.6 Å². The highest BCUT2D eigenvalue weighted by Crippen LogP contribution is 2.33. The van der Waals surface area contributed by atoms with Crippen LogP contribution >= 0.6 is 22.9 Å². The Morgan fingerprint density at radius 3 is 2.50 bits per heavy atom. The lowest BCUT2D eigenvalue weighted by Crippen LogP contribution is -2.28. The van der Waals surface area contributed by atoms with Crippen molar-refractivity contribution >= 4 is 52.1 Å². The van der Waals surface area contributed by atoms with Crippen molar-refractivity contribution in [1.29, 1.82) is 0 Å². The van der Waals surface area contributed by atoms with Gasteiger partial charge >= 0.3 is 6.18 Å². The lowest BCUT2D eigenvalue weighted by Gasteiger charge is -2.13. The molecule has 0 fully saturated rings. The first kappa shape index (κ1) is 26.9. The quantitative estimate of drug-likeness (QED) is 0.280. The van der Waals surface area contributed by atoms with Crippen molar-refractivity contribution in [1.82, 2.24) is 30.2 Å². The summed E-state index contributed by atoms with van der Waals surface area (Å²) in [6, 6.07) is 3.51. The number of nitrogens with one attached hydrogen (secondary N) is 3. The number of halogens is 4. The molecule has 1 atom stereocenters. The number of nitrogens with zero attached hydrogens (tertiary/aromatic N) is 5. The van der Waals surface area contributed by atoms with Crippen LogP contribution in [-0.4, -0.2) is 36.7 Å². The number of hydrogen-bond acceptors (Lipinski definition) is 9. The van der Waals surface area contributed by atoms with Crippen LogP contribution in [0.1, 0.15) is 49.3 Å². The molecule has 0 aromatic carbocycles. The molecule has 0 aliphatic heterocycles. The average molecular weight is 563 g/mol. The summed E-state index contributed by atoms with van der Waals surface area (Å²) in [5.74, 6) is -1.33. The zero-order valence-electron chi connectivity index (χ0n) is 19.7. The second-order valence-electron chi connectivity index (χ2n) is 7.84. The maximum Gasteiger partial charge on any atom is 0.416 e. The molecule has 0 unspecified atom stereocenters. The highest BCUT2D eigenvalue weighted by molar-refractivity contribution is 7.13. The van der Waals surface area contributed by atoms with Crippen molar-refractivity contribution in [2.24, 2.45) is 0 Å². The summed E-state index contributed by atoms with van der Waals surface area (Å²) in [7, 11) is 0. The molecular formula is C23H18ClF3N8O2S. The van der Waals surface area contributed by atoms with Gasteiger partial charge in [0.05, 0.1) is 17.8 Å². The van der Waals surface area contributed by atoms with Crippen molar-refractivity contribution in [3.8, 4) is 0 Å². The Balaban J connectivity index is 1.43. The second-order valence-corrected chi connectivity index (χ2v) is 9.28. The molecule has 0 radical (unpaired) electrons. The number of thiazole rings is 1. The minimum atomic E-state index is -4.58. The van der Waals surface area contributed by atoms with E-state index in [2.05, 4.69) is 40.9 Å². The van der Waals surface area contributed by atoms with Gasteiger partial charge in [-0.3, -0.25) is 14.6 Å². The summed E-state index contributed by atoms with van der Waals surface area (Å²) < 4.78 is 39.4. The molecule has 0 saturated heterocycles. The third-order valence-corrected chi connectivity index (χ3v) is 6.60. The van der Waals surface area contributed by atoms with E-state index in [-0.39, 0.29) is 32.8 Å². The largest absolute Gasteiger partial charge is 0.416 e. The van der Waals surface area contributed by atoms with E-state index in [1.807, 2.05) is 0 Å². The molecule has 4 aromatic rings. The van der Waals surface area contributed by atoms with Gasteiger partial charge in [-0.15, -0.1) is 11.3 Å². The number of carbonyl (C=O) groups is 2. The number of aryl methyl sites for hydroxylation is 1. The minimum absolute atomic E-state index is 0.00274. The van der Waals surface area contributed by atoms with Gasteiger partial charge in [0.25, 0.3) is 11.8 Å². The fourth-order valence-corrected chi connectivity index (χ4v) is 4.23. The van der Waals surface area contributed by atoms with Crippen LogP contribution in [0.3, 0.4) is 0 Å². The zero-order chi connectivity index (χ0) is 27.4. The molecule has 4 rings (SSSR count). The van der Waals surface area contributed by atoms with Crippen LogP contribution in [-0.2, 0) is 6.18 Å². The Kier molecular flexibility index (Phi) is 7.83. The Morgan fingerprint density at radius 2 is 1.79 bits per heavy atom. The fourth-order valence-electron chi connectivity index (χ4n) is 3.18. The number of alkyl halides is 3. The van der Waals surface area contributed by atoms with Gasteiger partial charge in [0.2, 0.25) is 0 Å². The monoisotopic (exact) mass is 562 g/mol. The predicted molar refractivity (Wildman–Crippen MR) is 134 cm³/mol.